The summed E-state index contributed by atoms with van der Waals surface area (Å²) in [5.41, 5.74) is 0. The number of hydrogen-bond donors (Lipinski definition) is 0. The van der Waals surface area contributed by atoms with Crippen molar-refractivity contribution >= 4 is 17.7 Å². The van der Waals surface area contributed by atoms with Crippen LogP contribution in [-0.2, 0) is 15.4 Å². The molecule has 1 rings (SSSR count). The lowest BCUT2D eigenvalue weighted by molar-refractivity contribution is -0.137. The highest BCUT2D eigenvalue weighted by molar-refractivity contribution is 7.98. The summed E-state index contributed by atoms with van der Waals surface area (Å²) in [6.45, 7) is 1.80. The van der Waals surface area contributed by atoms with Gasteiger partial charge in [-0.15, -0.1) is 16.9 Å². The quantitative estimate of drug-likeness (QED) is 0.632. The minimum Gasteiger partial charge on any atom is -0.468 e. The molecular formula is C6H10N4O2S. The summed E-state index contributed by atoms with van der Waals surface area (Å²) in [7, 11) is 1.37. The number of thioether (sulfide) groups is 1. The zero-order valence-electron chi connectivity index (χ0n) is 7.43. The van der Waals surface area contributed by atoms with Crippen molar-refractivity contribution in [3.8, 4) is 0 Å². The third-order valence-electron chi connectivity index (χ3n) is 1.37. The van der Waals surface area contributed by atoms with E-state index >= 15 is 0 Å². The number of tetrazole rings is 1. The van der Waals surface area contributed by atoms with Crippen LogP contribution in [0.15, 0.2) is 0 Å². The van der Waals surface area contributed by atoms with E-state index in [0.29, 0.717) is 11.6 Å². The van der Waals surface area contributed by atoms with Gasteiger partial charge in [0.25, 0.3) is 0 Å². The Morgan fingerprint density at radius 2 is 2.46 bits per heavy atom. The Kier molecular flexibility index (Phi) is 3.69. The van der Waals surface area contributed by atoms with E-state index in [-0.39, 0.29) is 5.97 Å². The fourth-order valence-corrected chi connectivity index (χ4v) is 1.43. The van der Waals surface area contributed by atoms with Gasteiger partial charge in [0.15, 0.2) is 0 Å². The Morgan fingerprint density at radius 3 is 3.00 bits per heavy atom. The molecule has 0 aliphatic carbocycles. The Balaban J connectivity index is 2.28. The fraction of sp³-hybridized carbons (Fsp3) is 0.667. The van der Waals surface area contributed by atoms with E-state index in [4.69, 9.17) is 0 Å². The van der Waals surface area contributed by atoms with Gasteiger partial charge in [0.05, 0.1) is 18.7 Å². The van der Waals surface area contributed by atoms with Crippen molar-refractivity contribution in [2.45, 2.75) is 12.8 Å². The van der Waals surface area contributed by atoms with Crippen molar-refractivity contribution in [3.05, 3.63) is 5.82 Å². The summed E-state index contributed by atoms with van der Waals surface area (Å²) >= 11 is 1.40. The van der Waals surface area contributed by atoms with E-state index in [1.807, 2.05) is 0 Å². The third kappa shape index (κ3) is 3.02. The van der Waals surface area contributed by atoms with Crippen molar-refractivity contribution < 1.29 is 9.53 Å². The first-order valence-corrected chi connectivity index (χ1v) is 4.77. The van der Waals surface area contributed by atoms with Crippen LogP contribution in [0.5, 0.6) is 0 Å². The summed E-state index contributed by atoms with van der Waals surface area (Å²) in [6.07, 6.45) is 0. The van der Waals surface area contributed by atoms with Gasteiger partial charge in [-0.25, -0.2) is 4.68 Å². The zero-order valence-corrected chi connectivity index (χ0v) is 8.24. The lowest BCUT2D eigenvalue weighted by Gasteiger charge is -2.00. The van der Waals surface area contributed by atoms with Crippen LogP contribution in [-0.4, -0.2) is 39.0 Å². The molecule has 7 heteroatoms. The summed E-state index contributed by atoms with van der Waals surface area (Å²) < 4.78 is 6.10. The highest BCUT2D eigenvalue weighted by Crippen LogP contribution is 2.04. The molecular weight excluding hydrogens is 192 g/mol. The largest absolute Gasteiger partial charge is 0.468 e. The van der Waals surface area contributed by atoms with Crippen molar-refractivity contribution in [1.82, 2.24) is 20.2 Å². The Bertz CT molecular complexity index is 288. The lowest BCUT2D eigenvalue weighted by Crippen LogP contribution is -2.06. The van der Waals surface area contributed by atoms with Gasteiger partial charge in [-0.2, -0.15) is 0 Å². The summed E-state index contributed by atoms with van der Waals surface area (Å²) in [6, 6.07) is 0. The second kappa shape index (κ2) is 4.80. The van der Waals surface area contributed by atoms with Gasteiger partial charge in [0, 0.05) is 0 Å². The van der Waals surface area contributed by atoms with Gasteiger partial charge in [-0.1, -0.05) is 0 Å². The molecule has 0 unspecified atom stereocenters. The molecule has 0 aromatic carbocycles. The van der Waals surface area contributed by atoms with Crippen molar-refractivity contribution in [2.75, 3.05) is 12.9 Å². The molecule has 0 bridgehead atoms. The molecule has 1 aromatic heterocycles. The number of aromatic nitrogens is 4. The van der Waals surface area contributed by atoms with E-state index < -0.39 is 0 Å². The van der Waals surface area contributed by atoms with Gasteiger partial charge in [0.2, 0.25) is 0 Å². The van der Waals surface area contributed by atoms with Crippen LogP contribution in [0.2, 0.25) is 0 Å². The second-order valence-corrected chi connectivity index (χ2v) is 3.23. The normalized spacial score (nSPS) is 10.0. The molecule has 0 spiro atoms. The van der Waals surface area contributed by atoms with Crippen LogP contribution in [0.25, 0.3) is 0 Å². The minimum absolute atomic E-state index is 0.240. The van der Waals surface area contributed by atoms with Gasteiger partial charge in [0.1, 0.15) is 5.82 Å². The van der Waals surface area contributed by atoms with Crippen molar-refractivity contribution in [1.29, 1.82) is 0 Å². The Labute approximate surface area is 79.6 Å². The van der Waals surface area contributed by atoms with Crippen LogP contribution in [0.4, 0.5) is 0 Å². The van der Waals surface area contributed by atoms with Crippen LogP contribution in [0.3, 0.4) is 0 Å². The van der Waals surface area contributed by atoms with E-state index in [0.717, 1.165) is 5.82 Å². The first kappa shape index (κ1) is 9.97. The highest BCUT2D eigenvalue weighted by Gasteiger charge is 2.03. The number of hydrogen-bond acceptors (Lipinski definition) is 6. The number of rotatable bonds is 4. The topological polar surface area (TPSA) is 69.9 Å². The number of carbonyl (C=O) groups excluding carboxylic acids is 1. The van der Waals surface area contributed by atoms with Gasteiger partial charge >= 0.3 is 5.97 Å². The molecule has 0 saturated heterocycles. The summed E-state index contributed by atoms with van der Waals surface area (Å²) in [4.78, 5) is 10.7. The monoisotopic (exact) mass is 202 g/mol. The predicted molar refractivity (Wildman–Crippen MR) is 47.0 cm³/mol. The van der Waals surface area contributed by atoms with Gasteiger partial charge in [-0.3, -0.25) is 4.79 Å². The SMILES string of the molecule is COC(=O)CSCn1nnnc1C. The molecule has 0 radical (unpaired) electrons. The van der Waals surface area contributed by atoms with Crippen LogP contribution >= 0.6 is 11.8 Å². The van der Waals surface area contributed by atoms with Gasteiger partial charge in [-0.05, 0) is 17.4 Å². The Hall–Kier alpha value is -1.11. The number of methoxy groups -OCH3 is 1. The molecule has 0 aliphatic rings. The molecule has 13 heavy (non-hydrogen) atoms. The molecule has 0 aliphatic heterocycles. The minimum atomic E-state index is -0.240. The van der Waals surface area contributed by atoms with Crippen LogP contribution in [0, 0.1) is 6.92 Å². The first-order chi connectivity index (χ1) is 6.24. The maximum atomic E-state index is 10.7. The number of carbonyl (C=O) groups is 1. The molecule has 6 nitrogen and oxygen atoms in total. The molecule has 0 fully saturated rings. The third-order valence-corrected chi connectivity index (χ3v) is 2.24. The summed E-state index contributed by atoms with van der Waals surface area (Å²) in [5, 5.41) is 10.9. The average Bonchev–Trinajstić information content (AvgIpc) is 2.52. The lowest BCUT2D eigenvalue weighted by atomic mass is 10.7. The fourth-order valence-electron chi connectivity index (χ4n) is 0.643. The standard InChI is InChI=1S/C6H10N4O2S/c1-5-7-8-9-10(5)4-13-3-6(11)12-2/h3-4H2,1-2H3. The number of nitrogens with zero attached hydrogens (tertiary/aromatic N) is 4. The maximum absolute atomic E-state index is 10.7. The molecule has 1 heterocycles. The molecule has 72 valence electrons. The van der Waals surface area contributed by atoms with Crippen LogP contribution < -0.4 is 0 Å². The van der Waals surface area contributed by atoms with E-state index in [1.54, 1.807) is 11.6 Å². The van der Waals surface area contributed by atoms with Crippen molar-refractivity contribution in [3.63, 3.8) is 0 Å². The molecule has 0 N–H and O–H groups in total. The molecule has 0 atom stereocenters. The second-order valence-electron chi connectivity index (χ2n) is 2.28. The first-order valence-electron chi connectivity index (χ1n) is 3.61. The van der Waals surface area contributed by atoms with Gasteiger partial charge < -0.3 is 4.74 Å². The van der Waals surface area contributed by atoms with Crippen LogP contribution in [0.1, 0.15) is 5.82 Å². The molecule has 1 aromatic rings. The number of aryl methyl sites for hydroxylation is 1. The van der Waals surface area contributed by atoms with E-state index in [9.17, 15) is 4.79 Å². The molecule has 0 saturated carbocycles. The van der Waals surface area contributed by atoms with E-state index in [1.165, 1.54) is 18.9 Å². The van der Waals surface area contributed by atoms with Crippen molar-refractivity contribution in [2.24, 2.45) is 0 Å². The highest BCUT2D eigenvalue weighted by atomic mass is 32.2. The summed E-state index contributed by atoms with van der Waals surface area (Å²) in [5.74, 6) is 1.37. The number of ether oxygens (including phenoxy) is 1. The Morgan fingerprint density at radius 1 is 1.69 bits per heavy atom. The predicted octanol–water partition coefficient (Wildman–Crippen LogP) is -0.155. The average molecular weight is 202 g/mol. The zero-order chi connectivity index (χ0) is 9.68. The number of esters is 1. The smallest absolute Gasteiger partial charge is 0.315 e. The maximum Gasteiger partial charge on any atom is 0.315 e. The molecule has 0 amide bonds. The van der Waals surface area contributed by atoms with E-state index in [2.05, 4.69) is 20.3 Å².